The molecule has 1 saturated carbocycles. The van der Waals surface area contributed by atoms with Gasteiger partial charge in [-0.2, -0.15) is 0 Å². The van der Waals surface area contributed by atoms with E-state index < -0.39 is 18.1 Å². The zero-order valence-electron chi connectivity index (χ0n) is 19.0. The third kappa shape index (κ3) is 4.79. The Hall–Kier alpha value is -3.65. The van der Waals surface area contributed by atoms with E-state index in [4.69, 9.17) is 4.74 Å². The van der Waals surface area contributed by atoms with Gasteiger partial charge in [0, 0.05) is 22.8 Å². The lowest BCUT2D eigenvalue weighted by Gasteiger charge is -2.18. The molecule has 180 valence electrons. The summed E-state index contributed by atoms with van der Waals surface area (Å²) in [4.78, 5) is 37.5. The van der Waals surface area contributed by atoms with Crippen molar-refractivity contribution in [2.75, 3.05) is 6.61 Å². The van der Waals surface area contributed by atoms with Crippen LogP contribution in [0.25, 0.3) is 11.1 Å². The van der Waals surface area contributed by atoms with Gasteiger partial charge >= 0.3 is 12.1 Å². The molecule has 35 heavy (non-hydrogen) atoms. The number of hydrogen-bond acceptors (Lipinski definition) is 5. The first kappa shape index (κ1) is 23.1. The molecule has 1 fully saturated rings. The van der Waals surface area contributed by atoms with Gasteiger partial charge in [0.15, 0.2) is 6.04 Å². The lowest BCUT2D eigenvalue weighted by molar-refractivity contribution is -0.142. The summed E-state index contributed by atoms with van der Waals surface area (Å²) in [5, 5.41) is 16.8. The van der Waals surface area contributed by atoms with Crippen LogP contribution in [0.5, 0.6) is 0 Å². The molecular weight excluding hydrogens is 464 g/mol. The molecule has 1 unspecified atom stereocenters. The summed E-state index contributed by atoms with van der Waals surface area (Å²) in [5.41, 5.74) is 4.64. The summed E-state index contributed by atoms with van der Waals surface area (Å²) in [6.07, 6.45) is 1.17. The Balaban J connectivity index is 1.14. The Labute approximate surface area is 207 Å². The second-order valence-corrected chi connectivity index (χ2v) is 9.95. The summed E-state index contributed by atoms with van der Waals surface area (Å²) < 4.78 is 5.62. The number of fused-ring (bicyclic) bond motifs is 3. The summed E-state index contributed by atoms with van der Waals surface area (Å²) in [5.74, 6) is -1.76. The van der Waals surface area contributed by atoms with E-state index >= 15 is 0 Å². The standard InChI is InChI=1S/C27H26N2O5S/c30-25(29-24(26(31)32)23-10-5-13-35-23)16-11-12-17(14-16)28-27(33)34-15-22-20-8-3-1-6-18(20)19-7-2-4-9-21(19)22/h1-10,13,16-17,22,24H,11-12,14-15H2,(H,28,33)(H,29,30)(H,31,32)/t16-,17+,24?/m0/s1. The zero-order valence-corrected chi connectivity index (χ0v) is 19.8. The molecule has 2 aliphatic rings. The normalized spacial score (nSPS) is 19.4. The quantitative estimate of drug-likeness (QED) is 0.445. The number of alkyl carbamates (subject to hydrolysis) is 1. The lowest BCUT2D eigenvalue weighted by atomic mass is 9.98. The van der Waals surface area contributed by atoms with Gasteiger partial charge in [-0.15, -0.1) is 11.3 Å². The smallest absolute Gasteiger partial charge is 0.407 e. The van der Waals surface area contributed by atoms with Gasteiger partial charge in [0.05, 0.1) is 0 Å². The molecule has 0 spiro atoms. The maximum Gasteiger partial charge on any atom is 0.407 e. The molecule has 1 aromatic heterocycles. The van der Waals surface area contributed by atoms with E-state index in [0.717, 1.165) is 11.1 Å². The van der Waals surface area contributed by atoms with Crippen molar-refractivity contribution < 1.29 is 24.2 Å². The minimum absolute atomic E-state index is 0.0135. The molecule has 2 aromatic carbocycles. The van der Waals surface area contributed by atoms with Gasteiger partial charge in [0.1, 0.15) is 6.61 Å². The van der Waals surface area contributed by atoms with Crippen LogP contribution >= 0.6 is 11.3 Å². The Bertz CT molecular complexity index is 1200. The van der Waals surface area contributed by atoms with Crippen LogP contribution in [0.2, 0.25) is 0 Å². The highest BCUT2D eigenvalue weighted by Crippen LogP contribution is 2.44. The molecule has 0 radical (unpaired) electrons. The molecule has 0 saturated heterocycles. The van der Waals surface area contributed by atoms with E-state index in [1.165, 1.54) is 22.5 Å². The number of thiophene rings is 1. The third-order valence-corrected chi connectivity index (χ3v) is 7.77. The summed E-state index contributed by atoms with van der Waals surface area (Å²) in [6.45, 7) is 0.234. The first-order valence-electron chi connectivity index (χ1n) is 11.7. The van der Waals surface area contributed by atoms with Crippen molar-refractivity contribution in [2.24, 2.45) is 5.92 Å². The molecule has 0 aliphatic heterocycles. The van der Waals surface area contributed by atoms with Gasteiger partial charge in [-0.05, 0) is 53.0 Å². The van der Waals surface area contributed by atoms with E-state index in [9.17, 15) is 19.5 Å². The van der Waals surface area contributed by atoms with Crippen LogP contribution < -0.4 is 10.6 Å². The number of nitrogens with one attached hydrogen (secondary N) is 2. The largest absolute Gasteiger partial charge is 0.479 e. The Morgan fingerprint density at radius 3 is 2.29 bits per heavy atom. The predicted molar refractivity (Wildman–Crippen MR) is 132 cm³/mol. The van der Waals surface area contributed by atoms with Crippen molar-refractivity contribution in [3.8, 4) is 11.1 Å². The fourth-order valence-corrected chi connectivity index (χ4v) is 5.89. The van der Waals surface area contributed by atoms with Gasteiger partial charge in [-0.3, -0.25) is 4.79 Å². The van der Waals surface area contributed by atoms with E-state index in [2.05, 4.69) is 34.9 Å². The average Bonchev–Trinajstić information content (AvgIpc) is 3.61. The number of carboxylic acids is 1. The zero-order chi connectivity index (χ0) is 24.4. The first-order valence-corrected chi connectivity index (χ1v) is 12.6. The van der Waals surface area contributed by atoms with Crippen molar-refractivity contribution in [2.45, 2.75) is 37.3 Å². The molecule has 2 aliphatic carbocycles. The van der Waals surface area contributed by atoms with E-state index in [0.29, 0.717) is 24.1 Å². The molecule has 5 rings (SSSR count). The van der Waals surface area contributed by atoms with Gasteiger partial charge < -0.3 is 20.5 Å². The number of ether oxygens (including phenoxy) is 1. The molecule has 8 heteroatoms. The van der Waals surface area contributed by atoms with Crippen molar-refractivity contribution in [1.29, 1.82) is 0 Å². The van der Waals surface area contributed by atoms with Crippen LogP contribution in [0.3, 0.4) is 0 Å². The van der Waals surface area contributed by atoms with Crippen molar-refractivity contribution in [3.63, 3.8) is 0 Å². The molecular formula is C27H26N2O5S. The van der Waals surface area contributed by atoms with Crippen LogP contribution in [-0.4, -0.2) is 35.7 Å². The van der Waals surface area contributed by atoms with Gasteiger partial charge in [-0.25, -0.2) is 9.59 Å². The number of hydrogen-bond donors (Lipinski definition) is 3. The van der Waals surface area contributed by atoms with Crippen LogP contribution in [0.1, 0.15) is 47.2 Å². The van der Waals surface area contributed by atoms with Crippen LogP contribution in [0, 0.1) is 5.92 Å². The Morgan fingerprint density at radius 2 is 1.66 bits per heavy atom. The number of benzene rings is 2. The molecule has 3 N–H and O–H groups in total. The number of amides is 2. The molecule has 7 nitrogen and oxygen atoms in total. The molecule has 3 atom stereocenters. The highest BCUT2D eigenvalue weighted by Gasteiger charge is 2.34. The van der Waals surface area contributed by atoms with Gasteiger partial charge in [-0.1, -0.05) is 54.6 Å². The van der Waals surface area contributed by atoms with Crippen molar-refractivity contribution >= 4 is 29.3 Å². The van der Waals surface area contributed by atoms with Crippen molar-refractivity contribution in [3.05, 3.63) is 82.0 Å². The van der Waals surface area contributed by atoms with E-state index in [-0.39, 0.29) is 30.4 Å². The summed E-state index contributed by atoms with van der Waals surface area (Å²) >= 11 is 1.29. The monoisotopic (exact) mass is 490 g/mol. The minimum Gasteiger partial charge on any atom is -0.479 e. The average molecular weight is 491 g/mol. The first-order chi connectivity index (χ1) is 17.0. The Kier molecular flexibility index (Phi) is 6.55. The lowest BCUT2D eigenvalue weighted by Crippen LogP contribution is -2.38. The number of carbonyl (C=O) groups excluding carboxylic acids is 2. The van der Waals surface area contributed by atoms with Gasteiger partial charge in [0.25, 0.3) is 0 Å². The van der Waals surface area contributed by atoms with Crippen LogP contribution in [0.4, 0.5) is 4.79 Å². The van der Waals surface area contributed by atoms with E-state index in [1.807, 2.05) is 24.3 Å². The number of carboxylic acid groups (broad SMARTS) is 1. The van der Waals surface area contributed by atoms with E-state index in [1.54, 1.807) is 17.5 Å². The van der Waals surface area contributed by atoms with Gasteiger partial charge in [0.2, 0.25) is 5.91 Å². The van der Waals surface area contributed by atoms with Crippen LogP contribution in [0.15, 0.2) is 66.0 Å². The highest BCUT2D eigenvalue weighted by atomic mass is 32.1. The Morgan fingerprint density at radius 1 is 0.971 bits per heavy atom. The number of carbonyl (C=O) groups is 3. The van der Waals surface area contributed by atoms with Crippen molar-refractivity contribution in [1.82, 2.24) is 10.6 Å². The predicted octanol–water partition coefficient (Wildman–Crippen LogP) is 4.70. The molecule has 2 amide bonds. The molecule has 1 heterocycles. The molecule has 0 bridgehead atoms. The second-order valence-electron chi connectivity index (χ2n) is 8.97. The highest BCUT2D eigenvalue weighted by molar-refractivity contribution is 7.10. The maximum atomic E-state index is 12.7. The topological polar surface area (TPSA) is 105 Å². The second kappa shape index (κ2) is 9.92. The maximum absolute atomic E-state index is 12.7. The summed E-state index contributed by atoms with van der Waals surface area (Å²) in [6, 6.07) is 18.5. The van der Waals surface area contributed by atoms with Crippen LogP contribution in [-0.2, 0) is 14.3 Å². The summed E-state index contributed by atoms with van der Waals surface area (Å²) in [7, 11) is 0. The molecule has 3 aromatic rings. The SMILES string of the molecule is O=C(N[C@@H]1CC[C@H](C(=O)NC(C(=O)O)c2cccs2)C1)OCC1c2ccccc2-c2ccccc21. The number of rotatable bonds is 7. The fraction of sp³-hybridized carbons (Fsp3) is 0.296. The third-order valence-electron chi connectivity index (χ3n) is 6.83. The number of aliphatic carboxylic acids is 1. The fourth-order valence-electron chi connectivity index (χ4n) is 5.13. The minimum atomic E-state index is -1.09.